The number of benzene rings is 2. The fourth-order valence-electron chi connectivity index (χ4n) is 2.61. The molecule has 1 N–H and O–H groups in total. The van der Waals surface area contributed by atoms with Crippen LogP contribution in [0, 0.1) is 0 Å². The van der Waals surface area contributed by atoms with Gasteiger partial charge < -0.3 is 9.84 Å². The zero-order valence-corrected chi connectivity index (χ0v) is 15.0. The van der Waals surface area contributed by atoms with Crippen LogP contribution in [0.1, 0.15) is 36.6 Å². The van der Waals surface area contributed by atoms with E-state index in [0.717, 1.165) is 31.4 Å². The Morgan fingerprint density at radius 1 is 1.14 bits per heavy atom. The van der Waals surface area contributed by atoms with Crippen LogP contribution in [0.5, 0.6) is 5.75 Å². The monoisotopic (exact) mass is 410 g/mol. The van der Waals surface area contributed by atoms with Crippen molar-refractivity contribution in [1.82, 2.24) is 0 Å². The van der Waals surface area contributed by atoms with Crippen LogP contribution >= 0.6 is 31.9 Å². The number of aliphatic hydroxyl groups excluding tert-OH is 1. The summed E-state index contributed by atoms with van der Waals surface area (Å²) in [6.07, 6.45) is -0.668. The van der Waals surface area contributed by atoms with E-state index in [1.165, 1.54) is 0 Å². The van der Waals surface area contributed by atoms with E-state index in [-0.39, 0.29) is 5.41 Å². The fourth-order valence-corrected chi connectivity index (χ4v) is 3.45. The Morgan fingerprint density at radius 3 is 2.67 bits per heavy atom. The number of hydrogen-bond acceptors (Lipinski definition) is 2. The second-order valence-corrected chi connectivity index (χ2v) is 7.77. The molecule has 1 heterocycles. The molecular formula is C17H16Br2O2. The third-order valence-corrected chi connectivity index (χ3v) is 5.11. The van der Waals surface area contributed by atoms with Gasteiger partial charge in [0, 0.05) is 25.5 Å². The predicted octanol–water partition coefficient (Wildman–Crippen LogP) is 4.96. The molecule has 0 spiro atoms. The van der Waals surface area contributed by atoms with Gasteiger partial charge in [0.25, 0.3) is 0 Å². The number of hydrogen-bond donors (Lipinski definition) is 1. The smallest absolute Gasteiger partial charge is 0.123 e. The number of ether oxygens (including phenoxy) is 1. The minimum absolute atomic E-state index is 0.0143. The third kappa shape index (κ3) is 2.77. The van der Waals surface area contributed by atoms with Crippen molar-refractivity contribution in [2.45, 2.75) is 25.4 Å². The van der Waals surface area contributed by atoms with Crippen molar-refractivity contribution in [3.05, 3.63) is 62.0 Å². The molecule has 2 nitrogen and oxygen atoms in total. The number of rotatable bonds is 2. The minimum Gasteiger partial charge on any atom is -0.492 e. The second-order valence-electron chi connectivity index (χ2n) is 6.00. The van der Waals surface area contributed by atoms with E-state index < -0.39 is 6.10 Å². The summed E-state index contributed by atoms with van der Waals surface area (Å²) in [6, 6.07) is 11.7. The van der Waals surface area contributed by atoms with E-state index in [4.69, 9.17) is 4.74 Å². The average Bonchev–Trinajstić information content (AvgIpc) is 2.76. The topological polar surface area (TPSA) is 29.5 Å². The minimum atomic E-state index is -0.668. The Labute approximate surface area is 141 Å². The molecular weight excluding hydrogens is 396 g/mol. The Morgan fingerprint density at radius 2 is 1.90 bits per heavy atom. The third-order valence-electron chi connectivity index (χ3n) is 3.89. The van der Waals surface area contributed by atoms with Gasteiger partial charge in [0.1, 0.15) is 11.9 Å². The van der Waals surface area contributed by atoms with Gasteiger partial charge in [-0.25, -0.2) is 0 Å². The largest absolute Gasteiger partial charge is 0.492 e. The Balaban J connectivity index is 2.03. The first-order chi connectivity index (χ1) is 9.88. The van der Waals surface area contributed by atoms with Gasteiger partial charge in [0.2, 0.25) is 0 Å². The molecule has 0 amide bonds. The second kappa shape index (κ2) is 5.41. The van der Waals surface area contributed by atoms with Gasteiger partial charge in [0.05, 0.1) is 6.61 Å². The van der Waals surface area contributed by atoms with Crippen molar-refractivity contribution in [2.24, 2.45) is 0 Å². The molecule has 2 aromatic carbocycles. The number of halogens is 2. The molecule has 0 aromatic heterocycles. The first-order valence-electron chi connectivity index (χ1n) is 6.79. The summed E-state index contributed by atoms with van der Waals surface area (Å²) < 4.78 is 7.54. The van der Waals surface area contributed by atoms with Crippen molar-refractivity contribution in [3.63, 3.8) is 0 Å². The zero-order valence-electron chi connectivity index (χ0n) is 11.9. The first kappa shape index (κ1) is 15.1. The van der Waals surface area contributed by atoms with E-state index in [1.807, 2.05) is 30.3 Å². The summed E-state index contributed by atoms with van der Waals surface area (Å²) in [5.74, 6) is 0.921. The van der Waals surface area contributed by atoms with Gasteiger partial charge in [-0.05, 0) is 35.9 Å². The molecule has 21 heavy (non-hydrogen) atoms. The summed E-state index contributed by atoms with van der Waals surface area (Å²) in [7, 11) is 0. The van der Waals surface area contributed by atoms with Gasteiger partial charge in [-0.2, -0.15) is 0 Å². The first-order valence-corrected chi connectivity index (χ1v) is 8.37. The number of fused-ring (bicyclic) bond motifs is 1. The highest BCUT2D eigenvalue weighted by atomic mass is 79.9. The lowest BCUT2D eigenvalue weighted by Crippen LogP contribution is -2.18. The van der Waals surface area contributed by atoms with Crippen LogP contribution in [0.4, 0.5) is 0 Å². The molecule has 110 valence electrons. The van der Waals surface area contributed by atoms with Crippen molar-refractivity contribution in [1.29, 1.82) is 0 Å². The maximum atomic E-state index is 10.7. The Kier molecular flexibility index (Phi) is 3.89. The lowest BCUT2D eigenvalue weighted by atomic mass is 9.85. The zero-order chi connectivity index (χ0) is 15.2. The molecule has 0 saturated heterocycles. The van der Waals surface area contributed by atoms with Crippen molar-refractivity contribution in [3.8, 4) is 5.75 Å². The van der Waals surface area contributed by atoms with Crippen molar-refractivity contribution in [2.75, 3.05) is 6.61 Å². The van der Waals surface area contributed by atoms with Crippen LogP contribution in [0.2, 0.25) is 0 Å². The van der Waals surface area contributed by atoms with E-state index in [0.29, 0.717) is 6.61 Å². The summed E-state index contributed by atoms with van der Waals surface area (Å²) in [5, 5.41) is 10.7. The summed E-state index contributed by atoms with van der Waals surface area (Å²) in [6.45, 7) is 5.00. The van der Waals surface area contributed by atoms with Crippen LogP contribution in [0.25, 0.3) is 0 Å². The molecule has 3 rings (SSSR count). The molecule has 1 aliphatic heterocycles. The van der Waals surface area contributed by atoms with Crippen LogP contribution in [0.3, 0.4) is 0 Å². The van der Waals surface area contributed by atoms with E-state index in [1.54, 1.807) is 0 Å². The predicted molar refractivity (Wildman–Crippen MR) is 90.9 cm³/mol. The normalized spacial score (nSPS) is 17.2. The molecule has 0 saturated carbocycles. The molecule has 1 aliphatic rings. The highest BCUT2D eigenvalue weighted by molar-refractivity contribution is 9.11. The Hall–Kier alpha value is -0.840. The lowest BCUT2D eigenvalue weighted by Gasteiger charge is -2.18. The van der Waals surface area contributed by atoms with Crippen molar-refractivity contribution < 1.29 is 9.84 Å². The molecule has 1 unspecified atom stereocenters. The van der Waals surface area contributed by atoms with Gasteiger partial charge in [-0.1, -0.05) is 51.8 Å². The molecule has 4 heteroatoms. The van der Waals surface area contributed by atoms with Crippen molar-refractivity contribution >= 4 is 31.9 Å². The molecule has 0 radical (unpaired) electrons. The molecule has 1 atom stereocenters. The van der Waals surface area contributed by atoms with E-state index >= 15 is 0 Å². The molecule has 0 aliphatic carbocycles. The van der Waals surface area contributed by atoms with Gasteiger partial charge in [-0.15, -0.1) is 0 Å². The standard InChI is InChI=1S/C17H16Br2O2/c1-17(2)9-21-15-6-3-10(7-13(15)17)16(20)12-8-11(18)4-5-14(12)19/h3-8,16,20H,9H2,1-2H3. The van der Waals surface area contributed by atoms with E-state index in [9.17, 15) is 5.11 Å². The number of aliphatic hydroxyl groups is 1. The summed E-state index contributed by atoms with van der Waals surface area (Å²) in [5.41, 5.74) is 2.87. The maximum Gasteiger partial charge on any atom is 0.123 e. The van der Waals surface area contributed by atoms with Gasteiger partial charge >= 0.3 is 0 Å². The van der Waals surface area contributed by atoms with Crippen LogP contribution < -0.4 is 4.74 Å². The fraction of sp³-hybridized carbons (Fsp3) is 0.294. The van der Waals surface area contributed by atoms with Crippen LogP contribution in [-0.4, -0.2) is 11.7 Å². The maximum absolute atomic E-state index is 10.7. The highest BCUT2D eigenvalue weighted by Crippen LogP contribution is 2.41. The van der Waals surface area contributed by atoms with Crippen LogP contribution in [-0.2, 0) is 5.41 Å². The van der Waals surface area contributed by atoms with Crippen LogP contribution in [0.15, 0.2) is 45.3 Å². The summed E-state index contributed by atoms with van der Waals surface area (Å²) in [4.78, 5) is 0. The lowest BCUT2D eigenvalue weighted by molar-refractivity contribution is 0.219. The van der Waals surface area contributed by atoms with E-state index in [2.05, 4.69) is 51.8 Å². The SMILES string of the molecule is CC1(C)COc2ccc(C(O)c3cc(Br)ccc3Br)cc21. The quantitative estimate of drug-likeness (QED) is 0.756. The summed E-state index contributed by atoms with van der Waals surface area (Å²) >= 11 is 6.96. The average molecular weight is 412 g/mol. The molecule has 0 bridgehead atoms. The molecule has 2 aromatic rings. The Bertz CT molecular complexity index is 695. The highest BCUT2D eigenvalue weighted by Gasteiger charge is 2.32. The molecule has 0 fully saturated rings. The van der Waals surface area contributed by atoms with Gasteiger partial charge in [0.15, 0.2) is 0 Å². The van der Waals surface area contributed by atoms with Gasteiger partial charge in [-0.3, -0.25) is 0 Å².